The van der Waals surface area contributed by atoms with Gasteiger partial charge in [-0.3, -0.25) is 0 Å². The summed E-state index contributed by atoms with van der Waals surface area (Å²) in [6, 6.07) is 1.88. The molecule has 0 unspecified atom stereocenters. The van der Waals surface area contributed by atoms with E-state index in [-0.39, 0.29) is 11.2 Å². The Kier molecular flexibility index (Phi) is 2.62. The van der Waals surface area contributed by atoms with Gasteiger partial charge in [0.25, 0.3) is 0 Å². The molecule has 1 aromatic rings. The van der Waals surface area contributed by atoms with Crippen molar-refractivity contribution in [3.8, 4) is 0 Å². The van der Waals surface area contributed by atoms with E-state index in [1.165, 1.54) is 0 Å². The zero-order valence-electron chi connectivity index (χ0n) is 9.59. The molecule has 3 nitrogen and oxygen atoms in total. The van der Waals surface area contributed by atoms with Gasteiger partial charge in [-0.1, -0.05) is 6.58 Å². The molecule has 2 N–H and O–H groups in total. The van der Waals surface area contributed by atoms with Crippen LogP contribution in [-0.4, -0.2) is 12.7 Å². The number of benzene rings is 1. The van der Waals surface area contributed by atoms with Crippen molar-refractivity contribution in [3.63, 3.8) is 0 Å². The van der Waals surface area contributed by atoms with Gasteiger partial charge in [0.2, 0.25) is 0 Å². The first kappa shape index (κ1) is 11.9. The van der Waals surface area contributed by atoms with Gasteiger partial charge in [0.15, 0.2) is 0 Å². The Labute approximate surface area is 98.4 Å². The van der Waals surface area contributed by atoms with Crippen LogP contribution in [0, 0.1) is 11.6 Å². The molecule has 0 spiro atoms. The summed E-state index contributed by atoms with van der Waals surface area (Å²) in [6.45, 7) is 7.14. The molecule has 0 atom stereocenters. The summed E-state index contributed by atoms with van der Waals surface area (Å²) in [6.07, 6.45) is 0. The predicted octanol–water partition coefficient (Wildman–Crippen LogP) is 1.58. The third kappa shape index (κ3) is 2.00. The molecule has 0 amide bonds. The Hall–Kier alpha value is -1.56. The summed E-state index contributed by atoms with van der Waals surface area (Å²) >= 11 is 0. The predicted molar refractivity (Wildman–Crippen MR) is 61.5 cm³/mol. The third-order valence-electron chi connectivity index (χ3n) is 2.69. The fourth-order valence-electron chi connectivity index (χ4n) is 1.51. The van der Waals surface area contributed by atoms with Crippen molar-refractivity contribution < 1.29 is 18.1 Å². The number of halogens is 2. The molecule has 1 heterocycles. The normalized spacial score (nSPS) is 18.4. The maximum absolute atomic E-state index is 13.6. The van der Waals surface area contributed by atoms with Crippen molar-refractivity contribution >= 4 is 18.3 Å². The maximum Gasteiger partial charge on any atom is 0.566 e. The smallest absolute Gasteiger partial charge is 0.534 e. The van der Waals surface area contributed by atoms with Gasteiger partial charge in [0, 0.05) is 5.46 Å². The summed E-state index contributed by atoms with van der Waals surface area (Å²) in [5.41, 5.74) is 4.25. The van der Waals surface area contributed by atoms with Crippen LogP contribution in [0.1, 0.15) is 13.8 Å². The highest BCUT2D eigenvalue weighted by Crippen LogP contribution is 2.29. The number of hydrogen-bond donors (Lipinski definition) is 1. The number of nitrogens with two attached hydrogens (primary N) is 1. The van der Waals surface area contributed by atoms with Crippen LogP contribution < -0.4 is 11.2 Å². The molecule has 17 heavy (non-hydrogen) atoms. The second-order valence-corrected chi connectivity index (χ2v) is 4.40. The van der Waals surface area contributed by atoms with Crippen LogP contribution in [0.2, 0.25) is 0 Å². The average Bonchev–Trinajstić information content (AvgIpc) is 2.47. The molecule has 90 valence electrons. The maximum atomic E-state index is 13.6. The first-order chi connectivity index (χ1) is 7.81. The van der Waals surface area contributed by atoms with Crippen molar-refractivity contribution in [2.75, 3.05) is 5.73 Å². The van der Waals surface area contributed by atoms with E-state index in [0.29, 0.717) is 5.76 Å². The Balaban J connectivity index is 2.37. The van der Waals surface area contributed by atoms with Crippen LogP contribution in [0.4, 0.5) is 14.5 Å². The van der Waals surface area contributed by atoms with Gasteiger partial charge in [-0.25, -0.2) is 8.78 Å². The lowest BCUT2D eigenvalue weighted by atomic mass is 9.78. The SMILES string of the molecule is C=C1OB(c2cc(F)c(N)cc2F)OC1(C)C. The lowest BCUT2D eigenvalue weighted by Gasteiger charge is -2.15. The molecule has 1 aliphatic heterocycles. The third-order valence-corrected chi connectivity index (χ3v) is 2.69. The summed E-state index contributed by atoms with van der Waals surface area (Å²) in [7, 11) is -0.993. The van der Waals surface area contributed by atoms with E-state index in [1.807, 2.05) is 0 Å². The average molecular weight is 239 g/mol. The van der Waals surface area contributed by atoms with Crippen molar-refractivity contribution in [2.45, 2.75) is 19.4 Å². The van der Waals surface area contributed by atoms with E-state index in [2.05, 4.69) is 6.58 Å². The van der Waals surface area contributed by atoms with Gasteiger partial charge in [-0.15, -0.1) is 0 Å². The lowest BCUT2D eigenvalue weighted by molar-refractivity contribution is 0.173. The first-order valence-electron chi connectivity index (χ1n) is 5.09. The fraction of sp³-hybridized carbons (Fsp3) is 0.273. The topological polar surface area (TPSA) is 44.5 Å². The van der Waals surface area contributed by atoms with Gasteiger partial charge in [0.1, 0.15) is 17.2 Å². The number of nitrogen functional groups attached to an aromatic ring is 1. The zero-order chi connectivity index (χ0) is 12.8. The van der Waals surface area contributed by atoms with Gasteiger partial charge >= 0.3 is 7.12 Å². The van der Waals surface area contributed by atoms with Gasteiger partial charge in [-0.05, 0) is 26.0 Å². The van der Waals surface area contributed by atoms with E-state index in [1.54, 1.807) is 13.8 Å². The van der Waals surface area contributed by atoms with E-state index in [4.69, 9.17) is 15.0 Å². The lowest BCUT2D eigenvalue weighted by Crippen LogP contribution is -2.37. The van der Waals surface area contributed by atoms with Crippen molar-refractivity contribution in [1.29, 1.82) is 0 Å². The number of anilines is 1. The minimum Gasteiger partial charge on any atom is -0.534 e. The van der Waals surface area contributed by atoms with Crippen molar-refractivity contribution in [1.82, 2.24) is 0 Å². The van der Waals surface area contributed by atoms with E-state index in [9.17, 15) is 8.78 Å². The van der Waals surface area contributed by atoms with Crippen LogP contribution in [0.5, 0.6) is 0 Å². The summed E-state index contributed by atoms with van der Waals surface area (Å²) < 4.78 is 37.6. The van der Waals surface area contributed by atoms with Crippen molar-refractivity contribution in [2.24, 2.45) is 0 Å². The standard InChI is InChI=1S/C11H12BF2NO2/c1-6-11(2,3)17-12(16-6)7-4-9(14)10(15)5-8(7)13/h4-5H,1,15H2,2-3H3. The van der Waals surface area contributed by atoms with E-state index in [0.717, 1.165) is 12.1 Å². The van der Waals surface area contributed by atoms with Crippen LogP contribution in [0.25, 0.3) is 0 Å². The molecular weight excluding hydrogens is 227 g/mol. The number of rotatable bonds is 1. The highest BCUT2D eigenvalue weighted by Gasteiger charge is 2.44. The highest BCUT2D eigenvalue weighted by molar-refractivity contribution is 6.62. The van der Waals surface area contributed by atoms with Crippen molar-refractivity contribution in [3.05, 3.63) is 36.1 Å². The minimum atomic E-state index is -0.993. The Bertz CT molecular complexity index is 491. The summed E-state index contributed by atoms with van der Waals surface area (Å²) in [4.78, 5) is 0. The molecular formula is C11H12BF2NO2. The van der Waals surface area contributed by atoms with E-state index < -0.39 is 24.4 Å². The first-order valence-corrected chi connectivity index (χ1v) is 5.09. The quantitative estimate of drug-likeness (QED) is 0.597. The number of hydrogen-bond acceptors (Lipinski definition) is 3. The van der Waals surface area contributed by atoms with Crippen LogP contribution in [0.15, 0.2) is 24.5 Å². The Morgan fingerprint density at radius 2 is 1.94 bits per heavy atom. The molecule has 0 radical (unpaired) electrons. The Morgan fingerprint density at radius 3 is 2.47 bits per heavy atom. The molecule has 0 bridgehead atoms. The summed E-state index contributed by atoms with van der Waals surface area (Å²) in [5, 5.41) is 0. The molecule has 0 saturated carbocycles. The summed E-state index contributed by atoms with van der Waals surface area (Å²) in [5.74, 6) is -0.998. The van der Waals surface area contributed by atoms with Crippen LogP contribution in [-0.2, 0) is 9.31 Å². The second kappa shape index (κ2) is 3.73. The van der Waals surface area contributed by atoms with Gasteiger partial charge in [0.05, 0.1) is 11.4 Å². The van der Waals surface area contributed by atoms with Crippen LogP contribution >= 0.6 is 0 Å². The molecule has 0 aliphatic carbocycles. The second-order valence-electron chi connectivity index (χ2n) is 4.40. The fourth-order valence-corrected chi connectivity index (χ4v) is 1.51. The molecule has 1 aromatic carbocycles. The molecule has 1 saturated heterocycles. The van der Waals surface area contributed by atoms with Gasteiger partial charge < -0.3 is 15.0 Å². The minimum absolute atomic E-state index is 0.0246. The largest absolute Gasteiger partial charge is 0.566 e. The monoisotopic (exact) mass is 239 g/mol. The molecule has 1 aliphatic rings. The Morgan fingerprint density at radius 1 is 1.29 bits per heavy atom. The highest BCUT2D eigenvalue weighted by atomic mass is 19.1. The molecule has 6 heteroatoms. The molecule has 1 fully saturated rings. The molecule has 0 aromatic heterocycles. The van der Waals surface area contributed by atoms with E-state index >= 15 is 0 Å². The molecule has 2 rings (SSSR count). The zero-order valence-corrected chi connectivity index (χ0v) is 9.59. The van der Waals surface area contributed by atoms with Crippen LogP contribution in [0.3, 0.4) is 0 Å². The van der Waals surface area contributed by atoms with Gasteiger partial charge in [-0.2, -0.15) is 0 Å².